The second kappa shape index (κ2) is 10.7. The number of anilines is 1. The van der Waals surface area contributed by atoms with E-state index >= 15 is 0 Å². The first-order chi connectivity index (χ1) is 18.5. The molecule has 5 rings (SSSR count). The van der Waals surface area contributed by atoms with Gasteiger partial charge in [-0.1, -0.05) is 97.1 Å². The minimum absolute atomic E-state index is 0.132. The summed E-state index contributed by atoms with van der Waals surface area (Å²) in [6.45, 7) is 0.140. The van der Waals surface area contributed by atoms with Crippen molar-refractivity contribution in [2.24, 2.45) is 5.73 Å². The van der Waals surface area contributed by atoms with E-state index in [1.165, 1.54) is 6.08 Å². The zero-order valence-corrected chi connectivity index (χ0v) is 21.1. The summed E-state index contributed by atoms with van der Waals surface area (Å²) in [5, 5.41) is 3.74. The second-order valence-corrected chi connectivity index (χ2v) is 9.22. The van der Waals surface area contributed by atoms with E-state index in [0.29, 0.717) is 11.4 Å². The molecule has 6 heteroatoms. The molecule has 0 saturated heterocycles. The molecular formula is C32H29N3O3. The third kappa shape index (κ3) is 4.82. The highest BCUT2D eigenvalue weighted by Crippen LogP contribution is 2.39. The number of nitrogens with two attached hydrogens (primary N) is 1. The normalized spacial score (nSPS) is 15.6. The molecule has 3 N–H and O–H groups in total. The Labute approximate surface area is 222 Å². The molecule has 6 nitrogen and oxygen atoms in total. The summed E-state index contributed by atoms with van der Waals surface area (Å²) in [5.74, 6) is -0.0815. The predicted molar refractivity (Wildman–Crippen MR) is 150 cm³/mol. The standard InChI is InChI=1S/C32H29N3O3/c1-35-28-21-23(18-20-30(33)36)17-19-29(28)38-22-27(31(35)37)34-32(24-11-5-2-6-12-24,25-13-7-3-8-14-25)26-15-9-4-10-16-26/h2-21,27,34H,22H2,1H3,(H2,33,36). The van der Waals surface area contributed by atoms with Gasteiger partial charge in [0.2, 0.25) is 11.8 Å². The van der Waals surface area contributed by atoms with Crippen LogP contribution < -0.4 is 20.7 Å². The van der Waals surface area contributed by atoms with Crippen LogP contribution in [-0.4, -0.2) is 31.5 Å². The molecule has 190 valence electrons. The van der Waals surface area contributed by atoms with Gasteiger partial charge in [-0.05, 0) is 40.5 Å². The second-order valence-electron chi connectivity index (χ2n) is 9.22. The number of fused-ring (bicyclic) bond motifs is 1. The molecule has 0 aromatic heterocycles. The van der Waals surface area contributed by atoms with Crippen LogP contribution in [0.1, 0.15) is 22.3 Å². The van der Waals surface area contributed by atoms with Crippen LogP contribution in [0.3, 0.4) is 0 Å². The Balaban J connectivity index is 1.59. The molecule has 1 atom stereocenters. The molecule has 4 aromatic carbocycles. The number of hydrogen-bond acceptors (Lipinski definition) is 4. The minimum atomic E-state index is -0.819. The van der Waals surface area contributed by atoms with Gasteiger partial charge in [0.25, 0.3) is 0 Å². The average molecular weight is 504 g/mol. The molecule has 1 heterocycles. The molecule has 0 fully saturated rings. The Morgan fingerprint density at radius 3 is 1.92 bits per heavy atom. The quantitative estimate of drug-likeness (QED) is 0.288. The summed E-state index contributed by atoms with van der Waals surface area (Å²) >= 11 is 0. The molecule has 4 aromatic rings. The number of likely N-dealkylation sites (N-methyl/N-ethyl adjacent to an activating group) is 1. The lowest BCUT2D eigenvalue weighted by Crippen LogP contribution is -2.56. The van der Waals surface area contributed by atoms with Crippen molar-refractivity contribution in [2.75, 3.05) is 18.6 Å². The molecule has 0 bridgehead atoms. The molecule has 0 spiro atoms. The van der Waals surface area contributed by atoms with Gasteiger partial charge in [-0.3, -0.25) is 14.9 Å². The third-order valence-electron chi connectivity index (χ3n) is 6.83. The number of primary amides is 1. The van der Waals surface area contributed by atoms with E-state index in [0.717, 1.165) is 22.3 Å². The average Bonchev–Trinajstić information content (AvgIpc) is 3.08. The highest BCUT2D eigenvalue weighted by atomic mass is 16.5. The number of ether oxygens (including phenoxy) is 1. The molecule has 1 aliphatic heterocycles. The number of rotatable bonds is 7. The largest absolute Gasteiger partial charge is 0.489 e. The van der Waals surface area contributed by atoms with E-state index in [2.05, 4.69) is 41.7 Å². The molecule has 1 unspecified atom stereocenters. The maximum Gasteiger partial charge on any atom is 0.247 e. The maximum absolute atomic E-state index is 13.9. The smallest absolute Gasteiger partial charge is 0.247 e. The van der Waals surface area contributed by atoms with E-state index in [1.54, 1.807) is 24.1 Å². The van der Waals surface area contributed by atoms with E-state index < -0.39 is 17.5 Å². The van der Waals surface area contributed by atoms with Gasteiger partial charge in [0.05, 0.1) is 11.2 Å². The van der Waals surface area contributed by atoms with E-state index in [-0.39, 0.29) is 12.5 Å². The van der Waals surface area contributed by atoms with Crippen LogP contribution in [-0.2, 0) is 15.1 Å². The third-order valence-corrected chi connectivity index (χ3v) is 6.83. The van der Waals surface area contributed by atoms with Crippen molar-refractivity contribution < 1.29 is 14.3 Å². The van der Waals surface area contributed by atoms with Crippen molar-refractivity contribution in [2.45, 2.75) is 11.6 Å². The van der Waals surface area contributed by atoms with Crippen LogP contribution in [0.2, 0.25) is 0 Å². The number of amides is 2. The maximum atomic E-state index is 13.9. The summed E-state index contributed by atoms with van der Waals surface area (Å²) < 4.78 is 6.20. The van der Waals surface area contributed by atoms with Crippen molar-refractivity contribution in [3.63, 3.8) is 0 Å². The fraction of sp³-hybridized carbons (Fsp3) is 0.125. The van der Waals surface area contributed by atoms with E-state index in [1.807, 2.05) is 66.7 Å². The minimum Gasteiger partial charge on any atom is -0.489 e. The Morgan fingerprint density at radius 1 is 0.895 bits per heavy atom. The molecule has 1 aliphatic rings. The van der Waals surface area contributed by atoms with Gasteiger partial charge < -0.3 is 15.4 Å². The first-order valence-corrected chi connectivity index (χ1v) is 12.5. The lowest BCUT2D eigenvalue weighted by atomic mass is 9.76. The van der Waals surface area contributed by atoms with Crippen LogP contribution in [0.15, 0.2) is 115 Å². The zero-order chi connectivity index (χ0) is 26.5. The Kier molecular flexibility index (Phi) is 7.07. The monoisotopic (exact) mass is 503 g/mol. The van der Waals surface area contributed by atoms with Crippen LogP contribution in [0.4, 0.5) is 5.69 Å². The number of carbonyl (C=O) groups excluding carboxylic acids is 2. The van der Waals surface area contributed by atoms with Crippen LogP contribution in [0, 0.1) is 0 Å². The Bertz CT molecular complexity index is 1360. The molecule has 0 saturated carbocycles. The van der Waals surface area contributed by atoms with Crippen LogP contribution in [0.5, 0.6) is 5.75 Å². The number of benzene rings is 4. The summed E-state index contributed by atoms with van der Waals surface area (Å²) in [7, 11) is 1.74. The molecule has 0 aliphatic carbocycles. The number of carbonyl (C=O) groups is 2. The van der Waals surface area contributed by atoms with Crippen molar-refractivity contribution >= 4 is 23.6 Å². The topological polar surface area (TPSA) is 84.7 Å². The first-order valence-electron chi connectivity index (χ1n) is 12.5. The van der Waals surface area contributed by atoms with Gasteiger partial charge in [0, 0.05) is 13.1 Å². The highest BCUT2D eigenvalue weighted by Gasteiger charge is 2.41. The van der Waals surface area contributed by atoms with Gasteiger partial charge in [0.15, 0.2) is 0 Å². The molecular weight excluding hydrogens is 474 g/mol. The number of nitrogens with zero attached hydrogens (tertiary/aromatic N) is 1. The van der Waals surface area contributed by atoms with Crippen molar-refractivity contribution in [1.29, 1.82) is 0 Å². The van der Waals surface area contributed by atoms with E-state index in [9.17, 15) is 9.59 Å². The van der Waals surface area contributed by atoms with Crippen molar-refractivity contribution in [3.05, 3.63) is 138 Å². The first kappa shape index (κ1) is 25.0. The fourth-order valence-electron chi connectivity index (χ4n) is 4.98. The van der Waals surface area contributed by atoms with Crippen molar-refractivity contribution in [3.8, 4) is 5.75 Å². The highest BCUT2D eigenvalue weighted by molar-refractivity contribution is 5.99. The summed E-state index contributed by atoms with van der Waals surface area (Å²) in [6, 6.07) is 35.2. The van der Waals surface area contributed by atoms with Crippen LogP contribution in [0.25, 0.3) is 6.08 Å². The summed E-state index contributed by atoms with van der Waals surface area (Å²) in [4.78, 5) is 26.8. The van der Waals surface area contributed by atoms with Gasteiger partial charge in [-0.15, -0.1) is 0 Å². The summed E-state index contributed by atoms with van der Waals surface area (Å²) in [6.07, 6.45) is 2.91. The van der Waals surface area contributed by atoms with E-state index in [4.69, 9.17) is 10.5 Å². The molecule has 0 radical (unpaired) electrons. The summed E-state index contributed by atoms with van der Waals surface area (Å²) in [5.41, 5.74) is 8.82. The number of hydrogen-bond donors (Lipinski definition) is 2. The lowest BCUT2D eigenvalue weighted by Gasteiger charge is -2.39. The van der Waals surface area contributed by atoms with Gasteiger partial charge in [-0.25, -0.2) is 0 Å². The Morgan fingerprint density at radius 2 is 1.42 bits per heavy atom. The van der Waals surface area contributed by atoms with Gasteiger partial charge >= 0.3 is 0 Å². The number of nitrogens with one attached hydrogen (secondary N) is 1. The molecule has 2 amide bonds. The van der Waals surface area contributed by atoms with Crippen molar-refractivity contribution in [1.82, 2.24) is 5.32 Å². The molecule has 38 heavy (non-hydrogen) atoms. The van der Waals surface area contributed by atoms with Gasteiger partial charge in [-0.2, -0.15) is 0 Å². The zero-order valence-electron chi connectivity index (χ0n) is 21.1. The SMILES string of the molecule is CN1C(=O)C(NC(c2ccccc2)(c2ccccc2)c2ccccc2)COc2ccc(C=CC(N)=O)cc21. The lowest BCUT2D eigenvalue weighted by molar-refractivity contribution is -0.121. The fourth-order valence-corrected chi connectivity index (χ4v) is 4.98. The van der Waals surface area contributed by atoms with Crippen LogP contribution >= 0.6 is 0 Å². The van der Waals surface area contributed by atoms with Gasteiger partial charge in [0.1, 0.15) is 18.4 Å². The Hall–Kier alpha value is -4.68. The predicted octanol–water partition coefficient (Wildman–Crippen LogP) is 4.49.